The second kappa shape index (κ2) is 10.4. The normalized spacial score (nSPS) is 15.5. The fourth-order valence-electron chi connectivity index (χ4n) is 3.87. The number of nitrogens with one attached hydrogen (secondary N) is 3. The van der Waals surface area contributed by atoms with E-state index in [1.54, 1.807) is 57.5 Å². The number of hydrogen-bond acceptors (Lipinski definition) is 9. The van der Waals surface area contributed by atoms with Gasteiger partial charge in [-0.25, -0.2) is 13.4 Å². The van der Waals surface area contributed by atoms with Crippen LogP contribution in [0.4, 0.5) is 23.1 Å². The van der Waals surface area contributed by atoms with Crippen LogP contribution in [0.15, 0.2) is 59.6 Å². The van der Waals surface area contributed by atoms with Crippen molar-refractivity contribution in [3.05, 3.63) is 54.7 Å². The van der Waals surface area contributed by atoms with Gasteiger partial charge in [0.05, 0.1) is 28.6 Å². The molecule has 0 bridgehead atoms. The smallest absolute Gasteiger partial charge is 0.229 e. The highest BCUT2D eigenvalue weighted by Gasteiger charge is 2.28. The van der Waals surface area contributed by atoms with E-state index >= 15 is 0 Å². The summed E-state index contributed by atoms with van der Waals surface area (Å²) in [5.74, 6) is 1.29. The first-order valence-corrected chi connectivity index (χ1v) is 15.0. The third-order valence-corrected chi connectivity index (χ3v) is 11.3. The van der Waals surface area contributed by atoms with Gasteiger partial charge in [0.25, 0.3) is 0 Å². The SMILES string of the molecule is COc1cc(P2(=O)CCNCC2)ccc1Nc1nccc(Nc2ccccc2S(=O)(=O)C(C)C)n1. The molecular formula is C24H30N5O4PS. The number of rotatable bonds is 8. The summed E-state index contributed by atoms with van der Waals surface area (Å²) in [4.78, 5) is 8.98. The van der Waals surface area contributed by atoms with Crippen molar-refractivity contribution in [2.75, 3.05) is 43.2 Å². The number of hydrogen-bond donors (Lipinski definition) is 3. The Balaban J connectivity index is 1.58. The Labute approximate surface area is 206 Å². The van der Waals surface area contributed by atoms with Crippen LogP contribution in [-0.2, 0) is 14.4 Å². The van der Waals surface area contributed by atoms with Crippen molar-refractivity contribution < 1.29 is 17.7 Å². The molecule has 0 amide bonds. The van der Waals surface area contributed by atoms with Crippen molar-refractivity contribution in [3.8, 4) is 5.75 Å². The van der Waals surface area contributed by atoms with Gasteiger partial charge in [-0.3, -0.25) is 0 Å². The van der Waals surface area contributed by atoms with E-state index in [1.807, 2.05) is 18.2 Å². The lowest BCUT2D eigenvalue weighted by Gasteiger charge is -2.24. The summed E-state index contributed by atoms with van der Waals surface area (Å²) in [5.41, 5.74) is 1.08. The van der Waals surface area contributed by atoms with E-state index in [-0.39, 0.29) is 4.90 Å². The van der Waals surface area contributed by atoms with Gasteiger partial charge in [-0.2, -0.15) is 4.98 Å². The van der Waals surface area contributed by atoms with E-state index in [1.165, 1.54) is 0 Å². The molecule has 2 aromatic carbocycles. The molecule has 0 radical (unpaired) electrons. The number of benzene rings is 2. The molecule has 0 spiro atoms. The largest absolute Gasteiger partial charge is 0.495 e. The highest BCUT2D eigenvalue weighted by Crippen LogP contribution is 2.46. The summed E-state index contributed by atoms with van der Waals surface area (Å²) in [5, 5.41) is 9.75. The Kier molecular flexibility index (Phi) is 7.44. The molecule has 0 atom stereocenters. The van der Waals surface area contributed by atoms with Gasteiger partial charge in [0.1, 0.15) is 18.7 Å². The average Bonchev–Trinajstić information content (AvgIpc) is 2.85. The van der Waals surface area contributed by atoms with Crippen LogP contribution < -0.4 is 26.0 Å². The number of para-hydroxylation sites is 1. The molecule has 35 heavy (non-hydrogen) atoms. The Morgan fingerprint density at radius 3 is 2.49 bits per heavy atom. The van der Waals surface area contributed by atoms with Gasteiger partial charge in [0, 0.05) is 36.9 Å². The lowest BCUT2D eigenvalue weighted by atomic mass is 10.3. The van der Waals surface area contributed by atoms with Crippen LogP contribution in [-0.4, -0.2) is 56.2 Å². The van der Waals surface area contributed by atoms with Crippen molar-refractivity contribution in [1.29, 1.82) is 0 Å². The van der Waals surface area contributed by atoms with Crippen molar-refractivity contribution in [1.82, 2.24) is 15.3 Å². The molecule has 1 aliphatic heterocycles. The maximum absolute atomic E-state index is 13.3. The standard InChI is InChI=1S/C24H30N5O4PS/c1-17(2)35(31,32)22-7-5-4-6-20(22)27-23-10-11-26-24(29-23)28-19-9-8-18(16-21(19)33-3)34(30)14-12-25-13-15-34/h4-11,16-17,25H,12-15H2,1-3H3,(H2,26,27,28,29). The summed E-state index contributed by atoms with van der Waals surface area (Å²) in [6.45, 7) is 4.79. The van der Waals surface area contributed by atoms with E-state index in [2.05, 4.69) is 25.9 Å². The highest BCUT2D eigenvalue weighted by molar-refractivity contribution is 7.92. The van der Waals surface area contributed by atoms with Crippen LogP contribution in [0, 0.1) is 0 Å². The van der Waals surface area contributed by atoms with Crippen molar-refractivity contribution in [2.45, 2.75) is 24.0 Å². The van der Waals surface area contributed by atoms with Crippen molar-refractivity contribution in [3.63, 3.8) is 0 Å². The third-order valence-electron chi connectivity index (χ3n) is 5.93. The molecule has 186 valence electrons. The zero-order valence-corrected chi connectivity index (χ0v) is 21.7. The number of methoxy groups -OCH3 is 1. The summed E-state index contributed by atoms with van der Waals surface area (Å²) in [7, 11) is -4.36. The molecule has 1 fully saturated rings. The zero-order chi connectivity index (χ0) is 25.1. The predicted octanol–water partition coefficient (Wildman–Crippen LogP) is 3.75. The molecule has 9 nitrogen and oxygen atoms in total. The molecule has 11 heteroatoms. The van der Waals surface area contributed by atoms with E-state index < -0.39 is 22.2 Å². The van der Waals surface area contributed by atoms with E-state index in [4.69, 9.17) is 4.74 Å². The zero-order valence-electron chi connectivity index (χ0n) is 20.0. The van der Waals surface area contributed by atoms with Crippen LogP contribution in [0.2, 0.25) is 0 Å². The average molecular weight is 516 g/mol. The first kappa shape index (κ1) is 25.2. The van der Waals surface area contributed by atoms with Gasteiger partial charge in [-0.05, 0) is 50.2 Å². The van der Waals surface area contributed by atoms with Gasteiger partial charge in [-0.1, -0.05) is 12.1 Å². The molecule has 0 aliphatic carbocycles. The van der Waals surface area contributed by atoms with Gasteiger partial charge >= 0.3 is 0 Å². The number of nitrogens with zero attached hydrogens (tertiary/aromatic N) is 2. The maximum Gasteiger partial charge on any atom is 0.229 e. The molecule has 2 heterocycles. The molecular weight excluding hydrogens is 485 g/mol. The van der Waals surface area contributed by atoms with Crippen LogP contribution >= 0.6 is 7.14 Å². The van der Waals surface area contributed by atoms with Crippen LogP contribution in [0.5, 0.6) is 5.75 Å². The Hall–Kier alpha value is -2.94. The minimum atomic E-state index is -3.48. The molecule has 1 aromatic heterocycles. The molecule has 3 aromatic rings. The number of ether oxygens (including phenoxy) is 1. The van der Waals surface area contributed by atoms with Gasteiger partial charge < -0.3 is 25.3 Å². The highest BCUT2D eigenvalue weighted by atomic mass is 32.2. The molecule has 3 N–H and O–H groups in total. The predicted molar refractivity (Wildman–Crippen MR) is 140 cm³/mol. The lowest BCUT2D eigenvalue weighted by molar-refractivity contribution is 0.417. The molecule has 0 saturated carbocycles. The maximum atomic E-state index is 13.3. The van der Waals surface area contributed by atoms with Crippen LogP contribution in [0.25, 0.3) is 0 Å². The Bertz CT molecular complexity index is 1350. The van der Waals surface area contributed by atoms with E-state index in [0.717, 1.165) is 18.4 Å². The van der Waals surface area contributed by atoms with Crippen LogP contribution in [0.3, 0.4) is 0 Å². The van der Waals surface area contributed by atoms with Gasteiger partial charge in [-0.15, -0.1) is 0 Å². The first-order chi connectivity index (χ1) is 16.7. The quantitative estimate of drug-likeness (QED) is 0.385. The van der Waals surface area contributed by atoms with E-state index in [9.17, 15) is 13.0 Å². The third kappa shape index (κ3) is 5.50. The molecule has 1 aliphatic rings. The number of anilines is 4. The van der Waals surface area contributed by atoms with Gasteiger partial charge in [0.2, 0.25) is 5.95 Å². The summed E-state index contributed by atoms with van der Waals surface area (Å²) >= 11 is 0. The minimum Gasteiger partial charge on any atom is -0.495 e. The second-order valence-electron chi connectivity index (χ2n) is 8.58. The van der Waals surface area contributed by atoms with E-state index in [0.29, 0.717) is 41.2 Å². The topological polar surface area (TPSA) is 122 Å². The summed E-state index contributed by atoms with van der Waals surface area (Å²) in [6, 6.07) is 13.9. The minimum absolute atomic E-state index is 0.216. The van der Waals surface area contributed by atoms with Crippen molar-refractivity contribution in [2.24, 2.45) is 0 Å². The number of aromatic nitrogens is 2. The fraction of sp³-hybridized carbons (Fsp3) is 0.333. The molecule has 1 saturated heterocycles. The number of sulfone groups is 1. The second-order valence-corrected chi connectivity index (χ2v) is 14.2. The molecule has 4 rings (SSSR count). The first-order valence-electron chi connectivity index (χ1n) is 11.4. The Morgan fingerprint density at radius 1 is 1.03 bits per heavy atom. The lowest BCUT2D eigenvalue weighted by Crippen LogP contribution is -2.32. The van der Waals surface area contributed by atoms with Crippen molar-refractivity contribution >= 4 is 45.4 Å². The Morgan fingerprint density at radius 2 is 1.77 bits per heavy atom. The molecule has 0 unspecified atom stereocenters. The van der Waals surface area contributed by atoms with Gasteiger partial charge in [0.15, 0.2) is 9.84 Å². The monoisotopic (exact) mass is 515 g/mol. The summed E-state index contributed by atoms with van der Waals surface area (Å²) in [6.07, 6.45) is 2.84. The fourth-order valence-corrected chi connectivity index (χ4v) is 7.55. The van der Waals surface area contributed by atoms with Crippen LogP contribution in [0.1, 0.15) is 13.8 Å². The summed E-state index contributed by atoms with van der Waals surface area (Å²) < 4.78 is 44.4.